The summed E-state index contributed by atoms with van der Waals surface area (Å²) in [5.41, 5.74) is 0. The molecule has 0 aromatic rings. The zero-order valence-corrected chi connectivity index (χ0v) is 12.4. The lowest BCUT2D eigenvalue weighted by atomic mass is 10.4. The van der Waals surface area contributed by atoms with Gasteiger partial charge in [0.15, 0.2) is 24.8 Å². The summed E-state index contributed by atoms with van der Waals surface area (Å²) >= 11 is 0. The highest BCUT2D eigenvalue weighted by Crippen LogP contribution is 2.15. The molecule has 0 aromatic carbocycles. The zero-order valence-electron chi connectivity index (χ0n) is 12.4. The largest absolute Gasteiger partial charge is 0.479 e. The minimum absolute atomic E-state index is 0.174. The van der Waals surface area contributed by atoms with Gasteiger partial charge < -0.3 is 28.8 Å². The molecule has 2 heterocycles. The maximum Gasteiger partial charge on any atom is 0.337 e. The summed E-state index contributed by atoms with van der Waals surface area (Å²) in [6, 6.07) is 0. The van der Waals surface area contributed by atoms with Crippen molar-refractivity contribution in [1.82, 2.24) is 0 Å². The number of carboxylic acid groups (broad SMARTS) is 1. The van der Waals surface area contributed by atoms with E-state index < -0.39 is 18.2 Å². The van der Waals surface area contributed by atoms with E-state index in [1.165, 1.54) is 7.11 Å². The Hall–Kier alpha value is -1.22. The van der Waals surface area contributed by atoms with E-state index in [1.54, 1.807) is 0 Å². The molecule has 2 fully saturated rings. The van der Waals surface area contributed by atoms with Crippen molar-refractivity contribution >= 4 is 11.9 Å². The van der Waals surface area contributed by atoms with Gasteiger partial charge in [0.2, 0.25) is 0 Å². The summed E-state index contributed by atoms with van der Waals surface area (Å²) < 4.78 is 24.7. The summed E-state index contributed by atoms with van der Waals surface area (Å²) in [7, 11) is 1.34. The minimum atomic E-state index is -0.948. The molecule has 2 rings (SSSR count). The Bertz CT molecular complexity index is 345. The summed E-state index contributed by atoms with van der Waals surface area (Å²) in [6.07, 6.45) is -0.382. The van der Waals surface area contributed by atoms with Crippen molar-refractivity contribution in [3.8, 4) is 0 Å². The topological polar surface area (TPSA) is 101 Å². The highest BCUT2D eigenvalue weighted by atomic mass is 16.7. The Labute approximate surface area is 123 Å². The highest BCUT2D eigenvalue weighted by Gasteiger charge is 2.31. The SMILES string of the molecule is CC[C@@H]1OC[C@H](C(=O)OC)O1.CC[C@H]1OC[C@H](C(=O)O)O1. The first-order valence-corrected chi connectivity index (χ1v) is 6.86. The molecule has 0 unspecified atom stereocenters. The number of methoxy groups -OCH3 is 1. The highest BCUT2D eigenvalue weighted by molar-refractivity contribution is 5.74. The number of aliphatic carboxylic acids is 1. The van der Waals surface area contributed by atoms with Crippen molar-refractivity contribution < 1.29 is 38.4 Å². The second kappa shape index (κ2) is 8.93. The molecule has 2 saturated heterocycles. The van der Waals surface area contributed by atoms with Crippen LogP contribution in [0.25, 0.3) is 0 Å². The first-order chi connectivity index (χ1) is 10.0. The van der Waals surface area contributed by atoms with Gasteiger partial charge in [-0.1, -0.05) is 13.8 Å². The van der Waals surface area contributed by atoms with Crippen LogP contribution < -0.4 is 0 Å². The predicted octanol–water partition coefficient (Wildman–Crippen LogP) is 0.533. The van der Waals surface area contributed by atoms with Crippen LogP contribution in [0.1, 0.15) is 26.7 Å². The molecule has 4 atom stereocenters. The quantitative estimate of drug-likeness (QED) is 0.751. The first-order valence-electron chi connectivity index (χ1n) is 6.86. The minimum Gasteiger partial charge on any atom is -0.479 e. The lowest BCUT2D eigenvalue weighted by Gasteiger charge is -2.06. The van der Waals surface area contributed by atoms with Gasteiger partial charge in [-0.05, 0) is 12.8 Å². The molecule has 8 heteroatoms. The van der Waals surface area contributed by atoms with Crippen LogP contribution in [0, 0.1) is 0 Å². The molecule has 2 aliphatic rings. The number of rotatable bonds is 4. The third kappa shape index (κ3) is 5.58. The summed E-state index contributed by atoms with van der Waals surface area (Å²) in [4.78, 5) is 21.1. The second-order valence-electron chi connectivity index (χ2n) is 4.45. The van der Waals surface area contributed by atoms with Crippen molar-refractivity contribution in [2.75, 3.05) is 20.3 Å². The molecule has 0 bridgehead atoms. The normalized spacial score (nSPS) is 31.4. The lowest BCUT2D eigenvalue weighted by Crippen LogP contribution is -2.24. The van der Waals surface area contributed by atoms with Crippen LogP contribution in [0.3, 0.4) is 0 Å². The van der Waals surface area contributed by atoms with Crippen molar-refractivity contribution in [3.63, 3.8) is 0 Å². The lowest BCUT2D eigenvalue weighted by molar-refractivity contribution is -0.154. The average Bonchev–Trinajstić information content (AvgIpc) is 3.15. The summed E-state index contributed by atoms with van der Waals surface area (Å²) in [6.45, 7) is 4.30. The first kappa shape index (κ1) is 17.8. The van der Waals surface area contributed by atoms with Gasteiger partial charge in [-0.2, -0.15) is 0 Å². The molecule has 0 saturated carbocycles. The van der Waals surface area contributed by atoms with E-state index in [0.29, 0.717) is 13.0 Å². The zero-order chi connectivity index (χ0) is 15.8. The molecule has 8 nitrogen and oxygen atoms in total. The van der Waals surface area contributed by atoms with E-state index in [9.17, 15) is 9.59 Å². The van der Waals surface area contributed by atoms with Crippen LogP contribution in [-0.4, -0.2) is 62.2 Å². The van der Waals surface area contributed by atoms with Crippen molar-refractivity contribution in [2.24, 2.45) is 0 Å². The van der Waals surface area contributed by atoms with Gasteiger partial charge in [-0.3, -0.25) is 0 Å². The molecular weight excluding hydrogens is 284 g/mol. The molecule has 21 heavy (non-hydrogen) atoms. The number of esters is 1. The van der Waals surface area contributed by atoms with E-state index in [2.05, 4.69) is 4.74 Å². The number of carboxylic acids is 1. The van der Waals surface area contributed by atoms with Crippen molar-refractivity contribution in [1.29, 1.82) is 0 Å². The molecule has 122 valence electrons. The number of carbonyl (C=O) groups excluding carboxylic acids is 1. The van der Waals surface area contributed by atoms with Gasteiger partial charge in [0.1, 0.15) is 0 Å². The van der Waals surface area contributed by atoms with Gasteiger partial charge in [-0.15, -0.1) is 0 Å². The number of ether oxygens (including phenoxy) is 5. The maximum absolute atomic E-state index is 10.8. The number of hydrogen-bond donors (Lipinski definition) is 1. The Kier molecular flexibility index (Phi) is 7.58. The van der Waals surface area contributed by atoms with E-state index in [1.807, 2.05) is 13.8 Å². The smallest absolute Gasteiger partial charge is 0.337 e. The predicted molar refractivity (Wildman–Crippen MR) is 69.5 cm³/mol. The third-order valence-electron chi connectivity index (χ3n) is 2.91. The van der Waals surface area contributed by atoms with Crippen LogP contribution in [0.2, 0.25) is 0 Å². The fourth-order valence-electron chi connectivity index (χ4n) is 1.73. The van der Waals surface area contributed by atoms with Crippen molar-refractivity contribution in [2.45, 2.75) is 51.5 Å². The maximum atomic E-state index is 10.8. The van der Waals surface area contributed by atoms with Gasteiger partial charge in [0.05, 0.1) is 20.3 Å². The van der Waals surface area contributed by atoms with E-state index >= 15 is 0 Å². The molecule has 0 aliphatic carbocycles. The Morgan fingerprint density at radius 1 is 1.05 bits per heavy atom. The van der Waals surface area contributed by atoms with Crippen LogP contribution in [-0.2, 0) is 33.3 Å². The average molecular weight is 306 g/mol. The monoisotopic (exact) mass is 306 g/mol. The van der Waals surface area contributed by atoms with Gasteiger partial charge in [0, 0.05) is 0 Å². The standard InChI is InChI=1S/C7H12O4.C6H10O4/c1-3-6-10-4-5(11-6)7(8)9-2;1-2-5-9-3-4(10-5)6(7)8/h5-6H,3-4H2,1-2H3;4-5H,2-3H2,1H3,(H,7,8)/t5-,6-;4-,5+/m11/s1. The van der Waals surface area contributed by atoms with Crippen LogP contribution in [0.15, 0.2) is 0 Å². The molecular formula is C13H22O8. The molecule has 1 N–H and O–H groups in total. The molecule has 0 amide bonds. The molecule has 2 aliphatic heterocycles. The summed E-state index contributed by atoms with van der Waals surface area (Å²) in [5, 5.41) is 8.42. The molecule has 0 radical (unpaired) electrons. The fourth-order valence-corrected chi connectivity index (χ4v) is 1.73. The van der Waals surface area contributed by atoms with Gasteiger partial charge >= 0.3 is 11.9 Å². The number of hydrogen-bond acceptors (Lipinski definition) is 7. The molecule has 0 spiro atoms. The van der Waals surface area contributed by atoms with Crippen LogP contribution >= 0.6 is 0 Å². The van der Waals surface area contributed by atoms with Gasteiger partial charge in [-0.25, -0.2) is 9.59 Å². The van der Waals surface area contributed by atoms with Crippen LogP contribution in [0.4, 0.5) is 0 Å². The number of carbonyl (C=O) groups is 2. The second-order valence-corrected chi connectivity index (χ2v) is 4.45. The third-order valence-corrected chi connectivity index (χ3v) is 2.91. The Balaban J connectivity index is 0.000000211. The summed E-state index contributed by atoms with van der Waals surface area (Å²) in [5.74, 6) is -1.31. The van der Waals surface area contributed by atoms with E-state index in [4.69, 9.17) is 24.1 Å². The van der Waals surface area contributed by atoms with Crippen LogP contribution in [0.5, 0.6) is 0 Å². The van der Waals surface area contributed by atoms with Gasteiger partial charge in [0.25, 0.3) is 0 Å². The Morgan fingerprint density at radius 3 is 1.86 bits per heavy atom. The van der Waals surface area contributed by atoms with E-state index in [0.717, 1.165) is 6.42 Å². The van der Waals surface area contributed by atoms with E-state index in [-0.39, 0.29) is 25.2 Å². The molecule has 0 aromatic heterocycles. The van der Waals surface area contributed by atoms with Crippen molar-refractivity contribution in [3.05, 3.63) is 0 Å². The Morgan fingerprint density at radius 2 is 1.52 bits per heavy atom. The fraction of sp³-hybridized carbons (Fsp3) is 0.846.